The Bertz CT molecular complexity index is 427. The van der Waals surface area contributed by atoms with E-state index in [4.69, 9.17) is 10.5 Å². The van der Waals surface area contributed by atoms with Crippen LogP contribution in [-0.4, -0.2) is 38.8 Å². The standard InChI is InChI=1S/C17H28N2O/c1-17(2,12-20-4)15-7-5-14(6-8-15)16-9-13(10-18)11-19(16)3/h5-8,13,16H,9-12,18H2,1-4H3. The number of likely N-dealkylation sites (tertiary alicyclic amines) is 1. The van der Waals surface area contributed by atoms with E-state index < -0.39 is 0 Å². The van der Waals surface area contributed by atoms with Gasteiger partial charge in [0, 0.05) is 25.1 Å². The van der Waals surface area contributed by atoms with Crippen LogP contribution in [0.15, 0.2) is 24.3 Å². The Hall–Kier alpha value is -0.900. The molecular weight excluding hydrogens is 248 g/mol. The Labute approximate surface area is 123 Å². The summed E-state index contributed by atoms with van der Waals surface area (Å²) in [5.41, 5.74) is 8.61. The molecule has 1 aromatic carbocycles. The third kappa shape index (κ3) is 3.22. The molecule has 1 heterocycles. The van der Waals surface area contributed by atoms with Crippen molar-refractivity contribution in [2.75, 3.05) is 33.9 Å². The first-order chi connectivity index (χ1) is 9.47. The van der Waals surface area contributed by atoms with Gasteiger partial charge in [-0.3, -0.25) is 4.90 Å². The van der Waals surface area contributed by atoms with Gasteiger partial charge in [0.25, 0.3) is 0 Å². The molecule has 3 nitrogen and oxygen atoms in total. The first-order valence-electron chi connectivity index (χ1n) is 7.47. The van der Waals surface area contributed by atoms with E-state index in [-0.39, 0.29) is 5.41 Å². The zero-order valence-corrected chi connectivity index (χ0v) is 13.2. The third-order valence-corrected chi connectivity index (χ3v) is 4.55. The number of nitrogens with zero attached hydrogens (tertiary/aromatic N) is 1. The molecule has 0 bridgehead atoms. The van der Waals surface area contributed by atoms with Gasteiger partial charge in [-0.2, -0.15) is 0 Å². The lowest BCUT2D eigenvalue weighted by molar-refractivity contribution is 0.146. The molecule has 1 aliphatic rings. The van der Waals surface area contributed by atoms with Gasteiger partial charge >= 0.3 is 0 Å². The Morgan fingerprint density at radius 3 is 2.45 bits per heavy atom. The molecule has 0 aromatic heterocycles. The molecule has 1 aliphatic heterocycles. The molecule has 2 rings (SSSR count). The Kier molecular flexibility index (Phi) is 4.84. The lowest BCUT2D eigenvalue weighted by Crippen LogP contribution is -2.24. The molecule has 0 radical (unpaired) electrons. The average Bonchev–Trinajstić information content (AvgIpc) is 2.80. The highest BCUT2D eigenvalue weighted by atomic mass is 16.5. The smallest absolute Gasteiger partial charge is 0.0553 e. The maximum absolute atomic E-state index is 5.81. The predicted molar refractivity (Wildman–Crippen MR) is 83.9 cm³/mol. The topological polar surface area (TPSA) is 38.5 Å². The molecule has 112 valence electrons. The molecular formula is C17H28N2O. The van der Waals surface area contributed by atoms with Crippen molar-refractivity contribution < 1.29 is 4.74 Å². The summed E-state index contributed by atoms with van der Waals surface area (Å²) in [4.78, 5) is 2.42. The summed E-state index contributed by atoms with van der Waals surface area (Å²) in [6.07, 6.45) is 1.17. The number of methoxy groups -OCH3 is 1. The van der Waals surface area contributed by atoms with Crippen molar-refractivity contribution in [3.05, 3.63) is 35.4 Å². The van der Waals surface area contributed by atoms with Gasteiger partial charge in [-0.15, -0.1) is 0 Å². The van der Waals surface area contributed by atoms with Crippen molar-refractivity contribution in [3.8, 4) is 0 Å². The van der Waals surface area contributed by atoms with Crippen LogP contribution in [0.25, 0.3) is 0 Å². The van der Waals surface area contributed by atoms with Crippen LogP contribution in [0.5, 0.6) is 0 Å². The maximum atomic E-state index is 5.81. The van der Waals surface area contributed by atoms with Crippen LogP contribution in [0.3, 0.4) is 0 Å². The van der Waals surface area contributed by atoms with E-state index in [0.29, 0.717) is 12.0 Å². The largest absolute Gasteiger partial charge is 0.384 e. The van der Waals surface area contributed by atoms with Crippen molar-refractivity contribution in [2.24, 2.45) is 11.7 Å². The average molecular weight is 276 g/mol. The second kappa shape index (κ2) is 6.25. The third-order valence-electron chi connectivity index (χ3n) is 4.55. The molecule has 3 heteroatoms. The number of hydrogen-bond donors (Lipinski definition) is 1. The minimum atomic E-state index is 0.0641. The fourth-order valence-corrected chi connectivity index (χ4v) is 3.27. The molecule has 2 N–H and O–H groups in total. The SMILES string of the molecule is COCC(C)(C)c1ccc(C2CC(CN)CN2C)cc1. The molecule has 0 spiro atoms. The summed E-state index contributed by atoms with van der Waals surface area (Å²) >= 11 is 0. The number of rotatable bonds is 5. The van der Waals surface area contributed by atoms with Crippen LogP contribution in [0.2, 0.25) is 0 Å². The lowest BCUT2D eigenvalue weighted by Gasteiger charge is -2.25. The van der Waals surface area contributed by atoms with Crippen LogP contribution >= 0.6 is 0 Å². The van der Waals surface area contributed by atoms with Crippen molar-refractivity contribution in [2.45, 2.75) is 31.7 Å². The van der Waals surface area contributed by atoms with Gasteiger partial charge in [-0.05, 0) is 37.1 Å². The maximum Gasteiger partial charge on any atom is 0.0553 e. The lowest BCUT2D eigenvalue weighted by atomic mass is 9.84. The van der Waals surface area contributed by atoms with Crippen LogP contribution < -0.4 is 5.73 Å². The van der Waals surface area contributed by atoms with Crippen LogP contribution in [0.4, 0.5) is 0 Å². The van der Waals surface area contributed by atoms with Gasteiger partial charge in [-0.1, -0.05) is 38.1 Å². The fraction of sp³-hybridized carbons (Fsp3) is 0.647. The zero-order chi connectivity index (χ0) is 14.8. The van der Waals surface area contributed by atoms with Crippen molar-refractivity contribution in [3.63, 3.8) is 0 Å². The highest BCUT2D eigenvalue weighted by Crippen LogP contribution is 2.34. The summed E-state index contributed by atoms with van der Waals surface area (Å²) < 4.78 is 5.31. The minimum absolute atomic E-state index is 0.0641. The molecule has 1 aromatic rings. The summed E-state index contributed by atoms with van der Waals surface area (Å²) in [6.45, 7) is 7.08. The Balaban J connectivity index is 2.12. The van der Waals surface area contributed by atoms with E-state index in [9.17, 15) is 0 Å². The van der Waals surface area contributed by atoms with Gasteiger partial charge in [0.2, 0.25) is 0 Å². The van der Waals surface area contributed by atoms with E-state index in [1.54, 1.807) is 7.11 Å². The molecule has 0 amide bonds. The molecule has 0 saturated carbocycles. The summed E-state index contributed by atoms with van der Waals surface area (Å²) in [7, 11) is 3.96. The van der Waals surface area contributed by atoms with Crippen molar-refractivity contribution in [1.82, 2.24) is 4.90 Å². The molecule has 1 fully saturated rings. The van der Waals surface area contributed by atoms with E-state index in [0.717, 1.165) is 19.7 Å². The molecule has 0 aliphatic carbocycles. The van der Waals surface area contributed by atoms with Crippen molar-refractivity contribution in [1.29, 1.82) is 0 Å². The van der Waals surface area contributed by atoms with Gasteiger partial charge in [-0.25, -0.2) is 0 Å². The van der Waals surface area contributed by atoms with E-state index in [1.165, 1.54) is 17.5 Å². The quantitative estimate of drug-likeness (QED) is 0.898. The molecule has 20 heavy (non-hydrogen) atoms. The van der Waals surface area contributed by atoms with Gasteiger partial charge in [0.05, 0.1) is 6.61 Å². The highest BCUT2D eigenvalue weighted by molar-refractivity contribution is 5.30. The summed E-state index contributed by atoms with van der Waals surface area (Å²) in [5, 5.41) is 0. The number of hydrogen-bond acceptors (Lipinski definition) is 3. The van der Waals surface area contributed by atoms with Gasteiger partial charge in [0.1, 0.15) is 0 Å². The van der Waals surface area contributed by atoms with E-state index in [2.05, 4.69) is 50.1 Å². The number of nitrogens with two attached hydrogens (primary N) is 1. The summed E-state index contributed by atoms with van der Waals surface area (Å²) in [5.74, 6) is 0.634. The molecule has 2 atom stereocenters. The minimum Gasteiger partial charge on any atom is -0.384 e. The summed E-state index contributed by atoms with van der Waals surface area (Å²) in [6, 6.07) is 9.55. The van der Waals surface area contributed by atoms with E-state index >= 15 is 0 Å². The van der Waals surface area contributed by atoms with Crippen LogP contribution in [0, 0.1) is 5.92 Å². The Morgan fingerprint density at radius 1 is 1.30 bits per heavy atom. The zero-order valence-electron chi connectivity index (χ0n) is 13.2. The normalized spacial score (nSPS) is 24.2. The van der Waals surface area contributed by atoms with Gasteiger partial charge in [0.15, 0.2) is 0 Å². The number of benzene rings is 1. The first kappa shape index (κ1) is 15.5. The second-order valence-corrected chi connectivity index (χ2v) is 6.73. The van der Waals surface area contributed by atoms with Crippen LogP contribution in [-0.2, 0) is 10.2 Å². The molecule has 1 saturated heterocycles. The fourth-order valence-electron chi connectivity index (χ4n) is 3.27. The van der Waals surface area contributed by atoms with Crippen LogP contribution in [0.1, 0.15) is 37.4 Å². The second-order valence-electron chi connectivity index (χ2n) is 6.73. The predicted octanol–water partition coefficient (Wildman–Crippen LogP) is 2.56. The van der Waals surface area contributed by atoms with E-state index in [1.807, 2.05) is 0 Å². The Morgan fingerprint density at radius 2 is 1.95 bits per heavy atom. The molecule has 2 unspecified atom stereocenters. The first-order valence-corrected chi connectivity index (χ1v) is 7.47. The van der Waals surface area contributed by atoms with Crippen molar-refractivity contribution >= 4 is 0 Å². The highest BCUT2D eigenvalue weighted by Gasteiger charge is 2.30. The monoisotopic (exact) mass is 276 g/mol. The van der Waals surface area contributed by atoms with Gasteiger partial charge < -0.3 is 10.5 Å². The number of ether oxygens (including phenoxy) is 1.